The Bertz CT molecular complexity index is 643. The monoisotopic (exact) mass is 290 g/mol. The number of thioether (sulfide) groups is 1. The summed E-state index contributed by atoms with van der Waals surface area (Å²) in [7, 11) is 1.88. The van der Waals surface area contributed by atoms with E-state index in [-0.39, 0.29) is 11.3 Å². The highest BCUT2D eigenvalue weighted by molar-refractivity contribution is 7.99. The van der Waals surface area contributed by atoms with Crippen molar-refractivity contribution in [3.63, 3.8) is 0 Å². The van der Waals surface area contributed by atoms with Crippen LogP contribution in [-0.2, 0) is 13.5 Å². The van der Waals surface area contributed by atoms with Crippen LogP contribution in [0.5, 0.6) is 0 Å². The van der Waals surface area contributed by atoms with E-state index in [0.29, 0.717) is 6.42 Å². The van der Waals surface area contributed by atoms with Crippen LogP contribution in [-0.4, -0.2) is 32.0 Å². The number of aryl methyl sites for hydroxylation is 1. The number of aromatic nitrogens is 3. The highest BCUT2D eigenvalue weighted by Gasteiger charge is 2.35. The molecule has 2 atom stereocenters. The van der Waals surface area contributed by atoms with E-state index in [1.54, 1.807) is 18.1 Å². The van der Waals surface area contributed by atoms with Crippen LogP contribution in [0.25, 0.3) is 0 Å². The number of amides is 1. The van der Waals surface area contributed by atoms with E-state index in [0.717, 1.165) is 5.16 Å². The van der Waals surface area contributed by atoms with Crippen LogP contribution in [0.3, 0.4) is 0 Å². The largest absolute Gasteiger partial charge is 0.465 e. The van der Waals surface area contributed by atoms with Gasteiger partial charge in [-0.05, 0) is 17.5 Å². The van der Waals surface area contributed by atoms with Crippen molar-refractivity contribution in [1.29, 1.82) is 0 Å². The molecule has 6 nitrogen and oxygen atoms in total. The Balaban J connectivity index is 1.91. The van der Waals surface area contributed by atoms with Gasteiger partial charge < -0.3 is 15.0 Å². The molecule has 7 heteroatoms. The fourth-order valence-corrected chi connectivity index (χ4v) is 3.70. The summed E-state index contributed by atoms with van der Waals surface area (Å²) in [6.45, 7) is 0. The number of carboxylic acid groups (broad SMARTS) is 1. The summed E-state index contributed by atoms with van der Waals surface area (Å²) in [4.78, 5) is 11.0. The Morgan fingerprint density at radius 1 is 1.50 bits per heavy atom. The Hall–Kier alpha value is -2.02. The molecule has 1 heterocycles. The van der Waals surface area contributed by atoms with Gasteiger partial charge in [-0.1, -0.05) is 36.0 Å². The number of benzene rings is 1. The molecule has 1 aromatic heterocycles. The summed E-state index contributed by atoms with van der Waals surface area (Å²) in [5, 5.41) is 20.3. The first-order valence-corrected chi connectivity index (χ1v) is 7.11. The number of fused-ring (bicyclic) bond motifs is 1. The van der Waals surface area contributed by atoms with Crippen molar-refractivity contribution in [3.05, 3.63) is 41.7 Å². The lowest BCUT2D eigenvalue weighted by Crippen LogP contribution is -2.35. The molecule has 104 valence electrons. The molecule has 0 bridgehead atoms. The fraction of sp³-hybridized carbons (Fsp3) is 0.308. The second-order valence-electron chi connectivity index (χ2n) is 4.72. The third-order valence-electron chi connectivity index (χ3n) is 3.38. The van der Waals surface area contributed by atoms with Crippen LogP contribution >= 0.6 is 11.8 Å². The van der Waals surface area contributed by atoms with E-state index in [2.05, 4.69) is 15.5 Å². The minimum Gasteiger partial charge on any atom is -0.465 e. The fourth-order valence-electron chi connectivity index (χ4n) is 2.48. The van der Waals surface area contributed by atoms with E-state index < -0.39 is 6.09 Å². The molecule has 1 aromatic carbocycles. The Morgan fingerprint density at radius 3 is 3.00 bits per heavy atom. The lowest BCUT2D eigenvalue weighted by atomic mass is 10.1. The van der Waals surface area contributed by atoms with Crippen molar-refractivity contribution in [1.82, 2.24) is 20.1 Å². The van der Waals surface area contributed by atoms with Crippen LogP contribution in [0, 0.1) is 0 Å². The molecule has 2 aromatic rings. The zero-order chi connectivity index (χ0) is 14.1. The summed E-state index contributed by atoms with van der Waals surface area (Å²) >= 11 is 1.54. The molecule has 1 aliphatic carbocycles. The van der Waals surface area contributed by atoms with Crippen LogP contribution in [0.4, 0.5) is 4.79 Å². The lowest BCUT2D eigenvalue weighted by Gasteiger charge is -2.19. The summed E-state index contributed by atoms with van der Waals surface area (Å²) < 4.78 is 1.84. The van der Waals surface area contributed by atoms with Gasteiger partial charge in [0.2, 0.25) is 0 Å². The topological polar surface area (TPSA) is 80.0 Å². The van der Waals surface area contributed by atoms with Crippen molar-refractivity contribution in [2.24, 2.45) is 7.05 Å². The van der Waals surface area contributed by atoms with Crippen molar-refractivity contribution in [3.8, 4) is 0 Å². The molecule has 3 rings (SSSR count). The molecule has 0 saturated carbocycles. The van der Waals surface area contributed by atoms with Gasteiger partial charge in [0.1, 0.15) is 6.33 Å². The number of nitrogens with zero attached hydrogens (tertiary/aromatic N) is 3. The van der Waals surface area contributed by atoms with Gasteiger partial charge in [-0.15, -0.1) is 10.2 Å². The predicted octanol–water partition coefficient (Wildman–Crippen LogP) is 1.84. The number of nitrogens with one attached hydrogen (secondary N) is 1. The molecule has 2 unspecified atom stereocenters. The third kappa shape index (κ3) is 2.36. The zero-order valence-corrected chi connectivity index (χ0v) is 11.7. The second kappa shape index (κ2) is 5.16. The normalized spacial score (nSPS) is 20.6. The standard InChI is InChI=1S/C13H14N4O2S/c1-17-7-14-16-12(17)20-11-9-5-3-2-4-8(9)6-10(11)15-13(18)19/h2-5,7,10-11,15H,6H2,1H3,(H,18,19). The van der Waals surface area contributed by atoms with Gasteiger partial charge in [0, 0.05) is 7.05 Å². The van der Waals surface area contributed by atoms with Gasteiger partial charge in [0.25, 0.3) is 0 Å². The smallest absolute Gasteiger partial charge is 0.404 e. The zero-order valence-electron chi connectivity index (χ0n) is 10.9. The third-order valence-corrected chi connectivity index (χ3v) is 4.79. The average molecular weight is 290 g/mol. The quantitative estimate of drug-likeness (QED) is 0.901. The molecule has 0 spiro atoms. The van der Waals surface area contributed by atoms with E-state index in [4.69, 9.17) is 5.11 Å². The van der Waals surface area contributed by atoms with Crippen LogP contribution < -0.4 is 5.32 Å². The van der Waals surface area contributed by atoms with Crippen LogP contribution in [0.15, 0.2) is 35.7 Å². The second-order valence-corrected chi connectivity index (χ2v) is 5.83. The Kier molecular flexibility index (Phi) is 3.35. The molecule has 0 aliphatic heterocycles. The molecule has 20 heavy (non-hydrogen) atoms. The van der Waals surface area contributed by atoms with E-state index in [9.17, 15) is 4.79 Å². The highest BCUT2D eigenvalue weighted by Crippen LogP contribution is 2.43. The molecule has 0 fully saturated rings. The molecule has 1 amide bonds. The van der Waals surface area contributed by atoms with Gasteiger partial charge in [-0.25, -0.2) is 4.79 Å². The van der Waals surface area contributed by atoms with Gasteiger partial charge in [-0.3, -0.25) is 0 Å². The van der Waals surface area contributed by atoms with Gasteiger partial charge in [0.05, 0.1) is 11.3 Å². The lowest BCUT2D eigenvalue weighted by molar-refractivity contribution is 0.190. The highest BCUT2D eigenvalue weighted by atomic mass is 32.2. The first kappa shape index (κ1) is 13.0. The first-order valence-electron chi connectivity index (χ1n) is 6.23. The van der Waals surface area contributed by atoms with Crippen molar-refractivity contribution in [2.75, 3.05) is 0 Å². The maximum atomic E-state index is 11.0. The number of hydrogen-bond donors (Lipinski definition) is 2. The Labute approximate surface area is 120 Å². The molecular formula is C13H14N4O2S. The predicted molar refractivity (Wildman–Crippen MR) is 74.7 cm³/mol. The SMILES string of the molecule is Cn1cnnc1SC1c2ccccc2CC1NC(=O)O. The van der Waals surface area contributed by atoms with Gasteiger partial charge >= 0.3 is 6.09 Å². The minimum absolute atomic E-state index is 0.0187. The number of rotatable bonds is 3. The minimum atomic E-state index is -0.994. The molecule has 1 aliphatic rings. The number of hydrogen-bond acceptors (Lipinski definition) is 4. The molecule has 0 saturated heterocycles. The summed E-state index contributed by atoms with van der Waals surface area (Å²) in [6.07, 6.45) is 1.35. The van der Waals surface area contributed by atoms with Crippen molar-refractivity contribution < 1.29 is 9.90 Å². The summed E-state index contributed by atoms with van der Waals surface area (Å²) in [5.74, 6) is 0. The van der Waals surface area contributed by atoms with E-state index >= 15 is 0 Å². The van der Waals surface area contributed by atoms with E-state index in [1.807, 2.05) is 35.9 Å². The maximum Gasteiger partial charge on any atom is 0.404 e. The number of carbonyl (C=O) groups is 1. The van der Waals surface area contributed by atoms with Crippen molar-refractivity contribution in [2.45, 2.75) is 22.9 Å². The molecule has 2 N–H and O–H groups in total. The Morgan fingerprint density at radius 2 is 2.30 bits per heavy atom. The summed E-state index contributed by atoms with van der Waals surface area (Å²) in [6, 6.07) is 7.90. The van der Waals surface area contributed by atoms with Crippen LogP contribution in [0.1, 0.15) is 16.4 Å². The maximum absolute atomic E-state index is 11.0. The average Bonchev–Trinajstić information content (AvgIpc) is 2.95. The molecule has 0 radical (unpaired) electrons. The van der Waals surface area contributed by atoms with Crippen LogP contribution in [0.2, 0.25) is 0 Å². The molecular weight excluding hydrogens is 276 g/mol. The van der Waals surface area contributed by atoms with Crippen molar-refractivity contribution >= 4 is 17.9 Å². The van der Waals surface area contributed by atoms with E-state index in [1.165, 1.54) is 11.1 Å². The summed E-state index contributed by atoms with van der Waals surface area (Å²) in [5.41, 5.74) is 2.35. The van der Waals surface area contributed by atoms with Gasteiger partial charge in [-0.2, -0.15) is 0 Å². The van der Waals surface area contributed by atoms with Gasteiger partial charge in [0.15, 0.2) is 5.16 Å². The first-order chi connectivity index (χ1) is 9.65.